The van der Waals surface area contributed by atoms with Gasteiger partial charge in [-0.05, 0) is 61.7 Å². The molecule has 3 rings (SSSR count). The molecule has 136 valence electrons. The number of hydrogen-bond donors (Lipinski definition) is 1. The lowest BCUT2D eigenvalue weighted by molar-refractivity contribution is -0.122. The standard InChI is InChI=1S/C20H22N2O3S/c1-5-17(25-15-8-6-12(2)13(3)10-15)19(23)21-14-7-9-16-18(11-14)26-20(24)22(16)4/h6-11,17H,5H2,1-4H3,(H,21,23). The summed E-state index contributed by atoms with van der Waals surface area (Å²) in [6, 6.07) is 11.3. The third kappa shape index (κ3) is 3.65. The Kier molecular flexibility index (Phi) is 5.13. The number of nitrogens with one attached hydrogen (secondary N) is 1. The van der Waals surface area contributed by atoms with Crippen LogP contribution in [0.1, 0.15) is 24.5 Å². The second kappa shape index (κ2) is 7.33. The van der Waals surface area contributed by atoms with Crippen molar-refractivity contribution in [2.24, 2.45) is 7.05 Å². The number of aryl methyl sites for hydroxylation is 3. The number of benzene rings is 2. The zero-order valence-electron chi connectivity index (χ0n) is 15.3. The van der Waals surface area contributed by atoms with E-state index < -0.39 is 6.10 Å². The van der Waals surface area contributed by atoms with Crippen molar-refractivity contribution >= 4 is 33.1 Å². The molecule has 0 saturated heterocycles. The molecular weight excluding hydrogens is 348 g/mol. The maximum Gasteiger partial charge on any atom is 0.307 e. The third-order valence-electron chi connectivity index (χ3n) is 4.48. The number of carbonyl (C=O) groups excluding carboxylic acids is 1. The Morgan fingerprint density at radius 3 is 2.65 bits per heavy atom. The average molecular weight is 370 g/mol. The van der Waals surface area contributed by atoms with Crippen LogP contribution in [0.5, 0.6) is 5.75 Å². The van der Waals surface area contributed by atoms with Gasteiger partial charge in [-0.1, -0.05) is 24.3 Å². The fourth-order valence-electron chi connectivity index (χ4n) is 2.71. The summed E-state index contributed by atoms with van der Waals surface area (Å²) in [5.74, 6) is 0.486. The minimum Gasteiger partial charge on any atom is -0.481 e. The molecule has 1 unspecified atom stereocenters. The van der Waals surface area contributed by atoms with Gasteiger partial charge in [0.15, 0.2) is 6.10 Å². The molecule has 0 radical (unpaired) electrons. The van der Waals surface area contributed by atoms with Crippen LogP contribution in [0, 0.1) is 13.8 Å². The predicted molar refractivity (Wildman–Crippen MR) is 106 cm³/mol. The van der Waals surface area contributed by atoms with E-state index in [2.05, 4.69) is 5.32 Å². The maximum absolute atomic E-state index is 12.6. The molecule has 3 aromatic rings. The van der Waals surface area contributed by atoms with E-state index in [4.69, 9.17) is 4.74 Å². The van der Waals surface area contributed by atoms with Crippen LogP contribution in [0.15, 0.2) is 41.2 Å². The molecule has 1 N–H and O–H groups in total. The average Bonchev–Trinajstić information content (AvgIpc) is 2.89. The number of ether oxygens (including phenoxy) is 1. The lowest BCUT2D eigenvalue weighted by atomic mass is 10.1. The first kappa shape index (κ1) is 18.2. The molecule has 1 amide bonds. The van der Waals surface area contributed by atoms with E-state index in [0.29, 0.717) is 17.9 Å². The van der Waals surface area contributed by atoms with Gasteiger partial charge in [-0.3, -0.25) is 9.59 Å². The van der Waals surface area contributed by atoms with Crippen molar-refractivity contribution in [3.63, 3.8) is 0 Å². The number of carbonyl (C=O) groups is 1. The van der Waals surface area contributed by atoms with Gasteiger partial charge in [-0.2, -0.15) is 0 Å². The Balaban J connectivity index is 1.76. The Morgan fingerprint density at radius 2 is 1.96 bits per heavy atom. The van der Waals surface area contributed by atoms with E-state index in [0.717, 1.165) is 27.1 Å². The normalized spacial score (nSPS) is 12.2. The van der Waals surface area contributed by atoms with Crippen LogP contribution in [-0.2, 0) is 11.8 Å². The molecule has 0 spiro atoms. The first-order chi connectivity index (χ1) is 12.4. The van der Waals surface area contributed by atoms with Crippen LogP contribution < -0.4 is 14.9 Å². The molecule has 0 aliphatic carbocycles. The van der Waals surface area contributed by atoms with Crippen molar-refractivity contribution in [2.75, 3.05) is 5.32 Å². The van der Waals surface area contributed by atoms with Crippen molar-refractivity contribution in [1.82, 2.24) is 4.57 Å². The molecule has 1 aromatic heterocycles. The van der Waals surface area contributed by atoms with Crippen molar-refractivity contribution in [3.8, 4) is 5.75 Å². The highest BCUT2D eigenvalue weighted by Crippen LogP contribution is 2.22. The van der Waals surface area contributed by atoms with Gasteiger partial charge in [-0.25, -0.2) is 0 Å². The van der Waals surface area contributed by atoms with E-state index in [1.54, 1.807) is 17.7 Å². The van der Waals surface area contributed by atoms with Crippen LogP contribution >= 0.6 is 11.3 Å². The molecular formula is C20H22N2O3S. The van der Waals surface area contributed by atoms with Gasteiger partial charge in [0.05, 0.1) is 10.2 Å². The molecule has 2 aromatic carbocycles. The summed E-state index contributed by atoms with van der Waals surface area (Å²) in [7, 11) is 1.74. The zero-order chi connectivity index (χ0) is 18.8. The van der Waals surface area contributed by atoms with Gasteiger partial charge in [0.2, 0.25) is 0 Å². The molecule has 0 bridgehead atoms. The minimum atomic E-state index is -0.581. The molecule has 0 saturated carbocycles. The number of amides is 1. The van der Waals surface area contributed by atoms with E-state index in [1.165, 1.54) is 5.56 Å². The Morgan fingerprint density at radius 1 is 1.19 bits per heavy atom. The van der Waals surface area contributed by atoms with Gasteiger partial charge in [0, 0.05) is 12.7 Å². The SMILES string of the molecule is CCC(Oc1ccc(C)c(C)c1)C(=O)Nc1ccc2c(c1)sc(=O)n2C. The summed E-state index contributed by atoms with van der Waals surface area (Å²) in [5, 5.41) is 2.89. The predicted octanol–water partition coefficient (Wildman–Crippen LogP) is 4.01. The van der Waals surface area contributed by atoms with Crippen molar-refractivity contribution in [3.05, 3.63) is 57.2 Å². The highest BCUT2D eigenvalue weighted by atomic mass is 32.1. The highest BCUT2D eigenvalue weighted by molar-refractivity contribution is 7.16. The maximum atomic E-state index is 12.6. The second-order valence-corrected chi connectivity index (χ2v) is 7.35. The fourth-order valence-corrected chi connectivity index (χ4v) is 3.63. The van der Waals surface area contributed by atoms with Crippen LogP contribution in [-0.4, -0.2) is 16.6 Å². The van der Waals surface area contributed by atoms with E-state index in [-0.39, 0.29) is 10.8 Å². The van der Waals surface area contributed by atoms with Gasteiger partial charge < -0.3 is 14.6 Å². The lowest BCUT2D eigenvalue weighted by Gasteiger charge is -2.18. The van der Waals surface area contributed by atoms with Crippen LogP contribution in [0.4, 0.5) is 5.69 Å². The Hall–Kier alpha value is -2.60. The number of aromatic nitrogens is 1. The number of rotatable bonds is 5. The fraction of sp³-hybridized carbons (Fsp3) is 0.300. The molecule has 0 fully saturated rings. The third-order valence-corrected chi connectivity index (χ3v) is 5.48. The first-order valence-electron chi connectivity index (χ1n) is 8.53. The van der Waals surface area contributed by atoms with Crippen LogP contribution in [0.2, 0.25) is 0 Å². The summed E-state index contributed by atoms with van der Waals surface area (Å²) in [5.41, 5.74) is 3.83. The van der Waals surface area contributed by atoms with Crippen molar-refractivity contribution < 1.29 is 9.53 Å². The van der Waals surface area contributed by atoms with Gasteiger partial charge in [0.25, 0.3) is 5.91 Å². The molecule has 6 heteroatoms. The Labute approximate surface area is 156 Å². The summed E-state index contributed by atoms with van der Waals surface area (Å²) in [4.78, 5) is 24.3. The van der Waals surface area contributed by atoms with E-state index in [1.807, 2.05) is 51.1 Å². The molecule has 5 nitrogen and oxygen atoms in total. The smallest absolute Gasteiger partial charge is 0.307 e. The van der Waals surface area contributed by atoms with Crippen LogP contribution in [0.25, 0.3) is 10.2 Å². The minimum absolute atomic E-state index is 0.0204. The quantitative estimate of drug-likeness (QED) is 0.738. The number of anilines is 1. The highest BCUT2D eigenvalue weighted by Gasteiger charge is 2.19. The molecule has 0 aliphatic heterocycles. The summed E-state index contributed by atoms with van der Waals surface area (Å²) in [6.45, 7) is 5.97. The van der Waals surface area contributed by atoms with E-state index >= 15 is 0 Å². The molecule has 1 heterocycles. The molecule has 0 aliphatic rings. The number of hydrogen-bond acceptors (Lipinski definition) is 4. The van der Waals surface area contributed by atoms with Crippen LogP contribution in [0.3, 0.4) is 0 Å². The van der Waals surface area contributed by atoms with Crippen molar-refractivity contribution in [1.29, 1.82) is 0 Å². The zero-order valence-corrected chi connectivity index (χ0v) is 16.1. The van der Waals surface area contributed by atoms with Gasteiger partial charge in [-0.15, -0.1) is 0 Å². The first-order valence-corrected chi connectivity index (χ1v) is 9.35. The summed E-state index contributed by atoms with van der Waals surface area (Å²) in [6.07, 6.45) is -0.0260. The number of thiazole rings is 1. The molecule has 26 heavy (non-hydrogen) atoms. The largest absolute Gasteiger partial charge is 0.481 e. The Bertz CT molecular complexity index is 1020. The number of fused-ring (bicyclic) bond motifs is 1. The summed E-state index contributed by atoms with van der Waals surface area (Å²) >= 11 is 1.16. The second-order valence-electron chi connectivity index (χ2n) is 6.36. The van der Waals surface area contributed by atoms with E-state index in [9.17, 15) is 9.59 Å². The van der Waals surface area contributed by atoms with Gasteiger partial charge in [0.1, 0.15) is 5.75 Å². The lowest BCUT2D eigenvalue weighted by Crippen LogP contribution is -2.32. The van der Waals surface area contributed by atoms with Gasteiger partial charge >= 0.3 is 4.87 Å². The summed E-state index contributed by atoms with van der Waals surface area (Å²) < 4.78 is 8.33. The monoisotopic (exact) mass is 370 g/mol. The van der Waals surface area contributed by atoms with Crippen molar-refractivity contribution in [2.45, 2.75) is 33.3 Å². The number of nitrogens with zero attached hydrogens (tertiary/aromatic N) is 1. The molecule has 1 atom stereocenters. The topological polar surface area (TPSA) is 60.3 Å².